The van der Waals surface area contributed by atoms with Gasteiger partial charge in [-0.05, 0) is 43.2 Å². The van der Waals surface area contributed by atoms with Gasteiger partial charge in [0.05, 0.1) is 5.02 Å². The Morgan fingerprint density at radius 3 is 2.77 bits per heavy atom. The summed E-state index contributed by atoms with van der Waals surface area (Å²) < 4.78 is 0. The number of H-pyrrole nitrogens is 1. The van der Waals surface area contributed by atoms with Gasteiger partial charge < -0.3 is 15.2 Å². The molecule has 114 valence electrons. The molecule has 6 heteroatoms. The molecule has 2 N–H and O–H groups in total. The summed E-state index contributed by atoms with van der Waals surface area (Å²) in [6.07, 6.45) is 3.06. The Bertz CT molecular complexity index is 739. The molecule has 3 rings (SSSR count). The van der Waals surface area contributed by atoms with E-state index in [2.05, 4.69) is 10.3 Å². The molecule has 2 aromatic rings. The number of aromatic nitrogens is 1. The number of carbonyl (C=O) groups excluding carboxylic acids is 2. The Hall–Kier alpha value is -2.27. The first kappa shape index (κ1) is 14.7. The van der Waals surface area contributed by atoms with Crippen molar-refractivity contribution in [2.24, 2.45) is 0 Å². The molecule has 1 fully saturated rings. The van der Waals surface area contributed by atoms with Gasteiger partial charge in [-0.1, -0.05) is 11.6 Å². The van der Waals surface area contributed by atoms with Gasteiger partial charge in [0, 0.05) is 30.5 Å². The number of rotatable bonds is 3. The fraction of sp³-hybridized carbons (Fsp3) is 0.250. The fourth-order valence-electron chi connectivity index (χ4n) is 2.64. The number of halogens is 1. The zero-order valence-corrected chi connectivity index (χ0v) is 12.9. The predicted octanol–water partition coefficient (Wildman–Crippen LogP) is 3.36. The van der Waals surface area contributed by atoms with Crippen LogP contribution >= 0.6 is 11.6 Å². The molecule has 1 aliphatic rings. The standard InChI is InChI=1S/C16H16ClN3O2/c1-10-7-12(19-16(22)13-8-11(17)9-18-13)4-5-14(10)20-6-2-3-15(20)21/h4-5,7-9,18H,2-3,6H2,1H3,(H,19,22). The van der Waals surface area contributed by atoms with Crippen LogP contribution in [0.3, 0.4) is 0 Å². The van der Waals surface area contributed by atoms with Crippen molar-refractivity contribution in [3.63, 3.8) is 0 Å². The van der Waals surface area contributed by atoms with Gasteiger partial charge in [-0.25, -0.2) is 0 Å². The molecule has 0 aliphatic carbocycles. The second-order valence-electron chi connectivity index (χ2n) is 5.34. The lowest BCUT2D eigenvalue weighted by atomic mass is 10.1. The summed E-state index contributed by atoms with van der Waals surface area (Å²) in [6, 6.07) is 7.11. The number of benzene rings is 1. The van der Waals surface area contributed by atoms with Crippen LogP contribution in [-0.4, -0.2) is 23.3 Å². The second-order valence-corrected chi connectivity index (χ2v) is 5.77. The number of aryl methyl sites for hydroxylation is 1. The van der Waals surface area contributed by atoms with Crippen LogP contribution in [0, 0.1) is 6.92 Å². The van der Waals surface area contributed by atoms with Crippen molar-refractivity contribution in [1.29, 1.82) is 0 Å². The average molecular weight is 318 g/mol. The molecule has 0 unspecified atom stereocenters. The Morgan fingerprint density at radius 2 is 2.18 bits per heavy atom. The molecule has 1 aliphatic heterocycles. The average Bonchev–Trinajstić information content (AvgIpc) is 3.08. The van der Waals surface area contributed by atoms with E-state index in [9.17, 15) is 9.59 Å². The summed E-state index contributed by atoms with van der Waals surface area (Å²) in [7, 11) is 0. The van der Waals surface area contributed by atoms with E-state index >= 15 is 0 Å². The van der Waals surface area contributed by atoms with Crippen molar-refractivity contribution >= 4 is 34.8 Å². The summed E-state index contributed by atoms with van der Waals surface area (Å²) in [5, 5.41) is 3.30. The minimum Gasteiger partial charge on any atom is -0.356 e. The first-order valence-electron chi connectivity index (χ1n) is 7.11. The van der Waals surface area contributed by atoms with Crippen LogP contribution in [0.5, 0.6) is 0 Å². The maximum atomic E-state index is 12.1. The SMILES string of the molecule is Cc1cc(NC(=O)c2cc(Cl)c[nH]2)ccc1N1CCCC1=O. The van der Waals surface area contributed by atoms with Gasteiger partial charge in [-0.3, -0.25) is 9.59 Å². The number of carbonyl (C=O) groups is 2. The van der Waals surface area contributed by atoms with Crippen LogP contribution < -0.4 is 10.2 Å². The number of hydrogen-bond acceptors (Lipinski definition) is 2. The van der Waals surface area contributed by atoms with Gasteiger partial charge in [0.2, 0.25) is 5.91 Å². The Morgan fingerprint density at radius 1 is 1.36 bits per heavy atom. The van der Waals surface area contributed by atoms with Crippen LogP contribution in [0.25, 0.3) is 0 Å². The number of nitrogens with one attached hydrogen (secondary N) is 2. The lowest BCUT2D eigenvalue weighted by Crippen LogP contribution is -2.24. The number of aromatic amines is 1. The van der Waals surface area contributed by atoms with E-state index in [1.807, 2.05) is 19.1 Å². The van der Waals surface area contributed by atoms with E-state index in [4.69, 9.17) is 11.6 Å². The van der Waals surface area contributed by atoms with E-state index in [-0.39, 0.29) is 11.8 Å². The largest absolute Gasteiger partial charge is 0.356 e. The topological polar surface area (TPSA) is 65.2 Å². The maximum Gasteiger partial charge on any atom is 0.272 e. The highest BCUT2D eigenvalue weighted by atomic mass is 35.5. The van der Waals surface area contributed by atoms with Crippen LogP contribution in [-0.2, 0) is 4.79 Å². The molecule has 0 spiro atoms. The highest BCUT2D eigenvalue weighted by Crippen LogP contribution is 2.27. The van der Waals surface area contributed by atoms with Crippen molar-refractivity contribution in [3.8, 4) is 0 Å². The number of nitrogens with zero attached hydrogens (tertiary/aromatic N) is 1. The molecule has 0 radical (unpaired) electrons. The molecule has 1 saturated heterocycles. The highest BCUT2D eigenvalue weighted by Gasteiger charge is 2.23. The molecule has 1 aromatic heterocycles. The summed E-state index contributed by atoms with van der Waals surface area (Å²) in [5.41, 5.74) is 2.95. The molecular weight excluding hydrogens is 302 g/mol. The lowest BCUT2D eigenvalue weighted by Gasteiger charge is -2.19. The predicted molar refractivity (Wildman–Crippen MR) is 86.5 cm³/mol. The minimum absolute atomic E-state index is 0.154. The maximum absolute atomic E-state index is 12.1. The number of amides is 2. The quantitative estimate of drug-likeness (QED) is 0.911. The van der Waals surface area contributed by atoms with Crippen LogP contribution in [0.2, 0.25) is 5.02 Å². The molecular formula is C16H16ClN3O2. The van der Waals surface area contributed by atoms with Gasteiger partial charge >= 0.3 is 0 Å². The Kier molecular flexibility index (Phi) is 3.90. The van der Waals surface area contributed by atoms with Crippen molar-refractivity contribution in [2.45, 2.75) is 19.8 Å². The Labute approximate surface area is 133 Å². The summed E-state index contributed by atoms with van der Waals surface area (Å²) >= 11 is 5.79. The van der Waals surface area contributed by atoms with Crippen molar-refractivity contribution in [1.82, 2.24) is 4.98 Å². The normalized spacial score (nSPS) is 14.5. The number of hydrogen-bond donors (Lipinski definition) is 2. The van der Waals surface area contributed by atoms with E-state index in [0.717, 1.165) is 24.2 Å². The molecule has 0 atom stereocenters. The molecule has 5 nitrogen and oxygen atoms in total. The minimum atomic E-state index is -0.253. The van der Waals surface area contributed by atoms with Gasteiger partial charge in [0.1, 0.15) is 5.69 Å². The highest BCUT2D eigenvalue weighted by molar-refractivity contribution is 6.31. The van der Waals surface area contributed by atoms with Crippen molar-refractivity contribution < 1.29 is 9.59 Å². The lowest BCUT2D eigenvalue weighted by molar-refractivity contribution is -0.117. The van der Waals surface area contributed by atoms with E-state index < -0.39 is 0 Å². The third kappa shape index (κ3) is 2.85. The zero-order valence-electron chi connectivity index (χ0n) is 12.1. The fourth-order valence-corrected chi connectivity index (χ4v) is 2.80. The number of anilines is 2. The van der Waals surface area contributed by atoms with Gasteiger partial charge in [-0.15, -0.1) is 0 Å². The van der Waals surface area contributed by atoms with Gasteiger partial charge in [0.15, 0.2) is 0 Å². The van der Waals surface area contributed by atoms with E-state index in [1.54, 1.807) is 23.2 Å². The monoisotopic (exact) mass is 317 g/mol. The van der Waals surface area contributed by atoms with Crippen LogP contribution in [0.4, 0.5) is 11.4 Å². The van der Waals surface area contributed by atoms with Gasteiger partial charge in [0.25, 0.3) is 5.91 Å². The van der Waals surface area contributed by atoms with Crippen LogP contribution in [0.1, 0.15) is 28.9 Å². The van der Waals surface area contributed by atoms with E-state index in [1.165, 1.54) is 0 Å². The first-order chi connectivity index (χ1) is 10.5. The third-order valence-electron chi connectivity index (χ3n) is 3.71. The zero-order chi connectivity index (χ0) is 15.7. The molecule has 22 heavy (non-hydrogen) atoms. The molecule has 2 amide bonds. The third-order valence-corrected chi connectivity index (χ3v) is 3.93. The van der Waals surface area contributed by atoms with Crippen LogP contribution in [0.15, 0.2) is 30.5 Å². The molecule has 0 bridgehead atoms. The summed E-state index contributed by atoms with van der Waals surface area (Å²) in [5.74, 6) is -0.0998. The Balaban J connectivity index is 1.77. The molecule has 1 aromatic carbocycles. The summed E-state index contributed by atoms with van der Waals surface area (Å²) in [6.45, 7) is 2.69. The van der Waals surface area contributed by atoms with E-state index in [0.29, 0.717) is 22.8 Å². The second kappa shape index (κ2) is 5.85. The van der Waals surface area contributed by atoms with Gasteiger partial charge in [-0.2, -0.15) is 0 Å². The summed E-state index contributed by atoms with van der Waals surface area (Å²) in [4.78, 5) is 28.5. The van der Waals surface area contributed by atoms with Crippen molar-refractivity contribution in [2.75, 3.05) is 16.8 Å². The molecule has 2 heterocycles. The first-order valence-corrected chi connectivity index (χ1v) is 7.48. The van der Waals surface area contributed by atoms with Crippen molar-refractivity contribution in [3.05, 3.63) is 46.7 Å². The molecule has 0 saturated carbocycles. The smallest absolute Gasteiger partial charge is 0.272 e.